The lowest BCUT2D eigenvalue weighted by molar-refractivity contribution is 0.106. The minimum absolute atomic E-state index is 0.944. The van der Waals surface area contributed by atoms with Crippen molar-refractivity contribution in [2.24, 2.45) is 5.92 Å². The highest BCUT2D eigenvalue weighted by Crippen LogP contribution is 2.18. The molecule has 106 valence electrons. The molecule has 0 unspecified atom stereocenters. The van der Waals surface area contributed by atoms with Crippen LogP contribution in [0.4, 0.5) is 0 Å². The van der Waals surface area contributed by atoms with Crippen molar-refractivity contribution in [3.05, 3.63) is 0 Å². The summed E-state index contributed by atoms with van der Waals surface area (Å²) in [6, 6.07) is 0. The maximum atomic E-state index is 3.24. The zero-order valence-electron chi connectivity index (χ0n) is 12.2. The molecule has 0 aliphatic carbocycles. The fourth-order valence-electron chi connectivity index (χ4n) is 3.06. The first-order valence-corrected chi connectivity index (χ1v) is 7.56. The summed E-state index contributed by atoms with van der Waals surface area (Å²) in [4.78, 5) is 7.72. The molecule has 2 saturated heterocycles. The van der Waals surface area contributed by atoms with Gasteiger partial charge in [-0.05, 0) is 45.9 Å². The summed E-state index contributed by atoms with van der Waals surface area (Å²) in [6.07, 6.45) is 2.80. The fraction of sp³-hybridized carbons (Fsp3) is 1.00. The number of hydrogen-bond donors (Lipinski definition) is 1. The molecular formula is C14H30N4. The Labute approximate surface area is 112 Å². The van der Waals surface area contributed by atoms with Crippen LogP contribution in [0.15, 0.2) is 0 Å². The fourth-order valence-corrected chi connectivity index (χ4v) is 3.06. The van der Waals surface area contributed by atoms with E-state index in [1.807, 2.05) is 7.05 Å². The van der Waals surface area contributed by atoms with Gasteiger partial charge in [-0.2, -0.15) is 0 Å². The van der Waals surface area contributed by atoms with Crippen LogP contribution in [0.5, 0.6) is 0 Å². The summed E-state index contributed by atoms with van der Waals surface area (Å²) >= 11 is 0. The summed E-state index contributed by atoms with van der Waals surface area (Å²) < 4.78 is 0. The van der Waals surface area contributed by atoms with Gasteiger partial charge in [0.25, 0.3) is 0 Å². The third-order valence-electron chi connectivity index (χ3n) is 4.50. The zero-order valence-corrected chi connectivity index (χ0v) is 12.2. The van der Waals surface area contributed by atoms with E-state index in [2.05, 4.69) is 27.1 Å². The normalized spacial score (nSPS) is 25.7. The summed E-state index contributed by atoms with van der Waals surface area (Å²) in [7, 11) is 4.28. The van der Waals surface area contributed by atoms with E-state index in [9.17, 15) is 0 Å². The van der Waals surface area contributed by atoms with E-state index in [0.717, 1.165) is 12.5 Å². The molecule has 0 saturated carbocycles. The second-order valence-electron chi connectivity index (χ2n) is 5.99. The lowest BCUT2D eigenvalue weighted by atomic mass is 9.96. The Hall–Kier alpha value is -0.160. The maximum Gasteiger partial charge on any atom is 0.0110 e. The Morgan fingerprint density at radius 1 is 0.944 bits per heavy atom. The zero-order chi connectivity index (χ0) is 12.8. The van der Waals surface area contributed by atoms with Gasteiger partial charge in [0.1, 0.15) is 0 Å². The lowest BCUT2D eigenvalue weighted by Gasteiger charge is -2.38. The predicted octanol–water partition coefficient (Wildman–Crippen LogP) is 0.165. The van der Waals surface area contributed by atoms with Gasteiger partial charge in [-0.15, -0.1) is 0 Å². The SMILES string of the molecule is CNCCN1CCC(CN2CCN(C)CC2)CC1. The third-order valence-corrected chi connectivity index (χ3v) is 4.50. The van der Waals surface area contributed by atoms with Gasteiger partial charge >= 0.3 is 0 Å². The van der Waals surface area contributed by atoms with Crippen LogP contribution in [0.3, 0.4) is 0 Å². The molecule has 2 heterocycles. The van der Waals surface area contributed by atoms with Crippen LogP contribution in [-0.2, 0) is 0 Å². The standard InChI is InChI=1S/C14H30N4/c1-15-5-8-17-6-3-14(4-7-17)13-18-11-9-16(2)10-12-18/h14-15H,3-13H2,1-2H3. The van der Waals surface area contributed by atoms with Crippen LogP contribution in [-0.4, -0.2) is 87.7 Å². The number of piperidine rings is 1. The van der Waals surface area contributed by atoms with E-state index >= 15 is 0 Å². The van der Waals surface area contributed by atoms with Gasteiger partial charge in [-0.1, -0.05) is 0 Å². The van der Waals surface area contributed by atoms with Gasteiger partial charge in [0, 0.05) is 45.8 Å². The van der Waals surface area contributed by atoms with E-state index in [0.29, 0.717) is 0 Å². The van der Waals surface area contributed by atoms with Crippen molar-refractivity contribution in [1.82, 2.24) is 20.0 Å². The van der Waals surface area contributed by atoms with Crippen molar-refractivity contribution in [3.63, 3.8) is 0 Å². The topological polar surface area (TPSA) is 21.8 Å². The summed E-state index contributed by atoms with van der Waals surface area (Å²) in [5, 5.41) is 3.24. The number of nitrogens with zero attached hydrogens (tertiary/aromatic N) is 3. The molecule has 4 heteroatoms. The average Bonchev–Trinajstić information content (AvgIpc) is 2.41. The van der Waals surface area contributed by atoms with E-state index in [1.54, 1.807) is 0 Å². The number of nitrogens with one attached hydrogen (secondary N) is 1. The van der Waals surface area contributed by atoms with Gasteiger partial charge in [0.15, 0.2) is 0 Å². The third kappa shape index (κ3) is 4.50. The maximum absolute atomic E-state index is 3.24. The van der Waals surface area contributed by atoms with Crippen LogP contribution in [0, 0.1) is 5.92 Å². The van der Waals surface area contributed by atoms with Gasteiger partial charge in [0.05, 0.1) is 0 Å². The molecule has 2 rings (SSSR count). The van der Waals surface area contributed by atoms with Gasteiger partial charge in [-0.3, -0.25) is 0 Å². The first-order valence-electron chi connectivity index (χ1n) is 7.56. The molecule has 0 aromatic heterocycles. The smallest absolute Gasteiger partial charge is 0.0110 e. The van der Waals surface area contributed by atoms with Crippen LogP contribution in [0.1, 0.15) is 12.8 Å². The first-order chi connectivity index (χ1) is 8.78. The summed E-state index contributed by atoms with van der Waals surface area (Å²) in [6.45, 7) is 11.4. The molecule has 0 bridgehead atoms. The molecule has 4 nitrogen and oxygen atoms in total. The van der Waals surface area contributed by atoms with Gasteiger partial charge < -0.3 is 20.0 Å². The number of likely N-dealkylation sites (N-methyl/N-ethyl adjacent to an activating group) is 2. The number of rotatable bonds is 5. The van der Waals surface area contributed by atoms with Crippen LogP contribution < -0.4 is 5.32 Å². The van der Waals surface area contributed by atoms with Crippen molar-refractivity contribution >= 4 is 0 Å². The number of hydrogen-bond acceptors (Lipinski definition) is 4. The number of likely N-dealkylation sites (tertiary alicyclic amines) is 1. The van der Waals surface area contributed by atoms with Crippen molar-refractivity contribution in [3.8, 4) is 0 Å². The van der Waals surface area contributed by atoms with E-state index < -0.39 is 0 Å². The molecule has 0 aromatic carbocycles. The molecule has 18 heavy (non-hydrogen) atoms. The quantitative estimate of drug-likeness (QED) is 0.755. The Morgan fingerprint density at radius 3 is 2.22 bits per heavy atom. The predicted molar refractivity (Wildman–Crippen MR) is 77.0 cm³/mol. The second-order valence-corrected chi connectivity index (χ2v) is 5.99. The molecule has 0 amide bonds. The lowest BCUT2D eigenvalue weighted by Crippen LogP contribution is -2.47. The Bertz CT molecular complexity index is 218. The van der Waals surface area contributed by atoms with Crippen molar-refractivity contribution in [2.75, 3.05) is 73.0 Å². The highest BCUT2D eigenvalue weighted by atomic mass is 15.2. The Balaban J connectivity index is 1.61. The highest BCUT2D eigenvalue weighted by molar-refractivity contribution is 4.77. The Kier molecular flexibility index (Phi) is 5.89. The second kappa shape index (κ2) is 7.43. The summed E-state index contributed by atoms with van der Waals surface area (Å²) in [5.74, 6) is 0.944. The van der Waals surface area contributed by atoms with Crippen LogP contribution in [0.2, 0.25) is 0 Å². The average molecular weight is 254 g/mol. The molecule has 2 aliphatic rings. The minimum atomic E-state index is 0.944. The number of piperazine rings is 1. The first kappa shape index (κ1) is 14.3. The molecule has 2 fully saturated rings. The van der Waals surface area contributed by atoms with Crippen molar-refractivity contribution < 1.29 is 0 Å². The van der Waals surface area contributed by atoms with Crippen LogP contribution in [0.25, 0.3) is 0 Å². The van der Waals surface area contributed by atoms with E-state index in [4.69, 9.17) is 0 Å². The molecule has 0 atom stereocenters. The largest absolute Gasteiger partial charge is 0.318 e. The van der Waals surface area contributed by atoms with Crippen LogP contribution >= 0.6 is 0 Å². The molecular weight excluding hydrogens is 224 g/mol. The summed E-state index contributed by atoms with van der Waals surface area (Å²) in [5.41, 5.74) is 0. The molecule has 0 spiro atoms. The molecule has 0 aromatic rings. The van der Waals surface area contributed by atoms with E-state index in [-0.39, 0.29) is 0 Å². The molecule has 2 aliphatic heterocycles. The highest BCUT2D eigenvalue weighted by Gasteiger charge is 2.22. The Morgan fingerprint density at radius 2 is 1.61 bits per heavy atom. The molecule has 1 N–H and O–H groups in total. The van der Waals surface area contributed by atoms with Crippen molar-refractivity contribution in [2.45, 2.75) is 12.8 Å². The van der Waals surface area contributed by atoms with Gasteiger partial charge in [-0.25, -0.2) is 0 Å². The van der Waals surface area contributed by atoms with E-state index in [1.165, 1.54) is 65.2 Å². The monoisotopic (exact) mass is 254 g/mol. The molecule has 0 radical (unpaired) electrons. The minimum Gasteiger partial charge on any atom is -0.318 e. The van der Waals surface area contributed by atoms with Crippen molar-refractivity contribution in [1.29, 1.82) is 0 Å². The van der Waals surface area contributed by atoms with Gasteiger partial charge in [0.2, 0.25) is 0 Å².